The Morgan fingerprint density at radius 1 is 1.20 bits per heavy atom. The molecule has 1 N–H and O–H groups in total. The minimum absolute atomic E-state index is 0.0763. The third-order valence-electron chi connectivity index (χ3n) is 3.40. The van der Waals surface area contributed by atoms with Gasteiger partial charge in [0.1, 0.15) is 0 Å². The third-order valence-corrected chi connectivity index (χ3v) is 3.40. The van der Waals surface area contributed by atoms with Crippen LogP contribution in [0.15, 0.2) is 24.3 Å². The molecule has 1 aromatic rings. The fourth-order valence-corrected chi connectivity index (χ4v) is 2.31. The maximum atomic E-state index is 11.9. The summed E-state index contributed by atoms with van der Waals surface area (Å²) in [4.78, 5) is 11.9. The second-order valence-electron chi connectivity index (χ2n) is 4.58. The fraction of sp³-hybridized carbons (Fsp3) is 0.462. The van der Waals surface area contributed by atoms with Crippen molar-refractivity contribution in [2.24, 2.45) is 5.92 Å². The number of benzene rings is 1. The van der Waals surface area contributed by atoms with Gasteiger partial charge in [-0.15, -0.1) is 0 Å². The first-order valence-corrected chi connectivity index (χ1v) is 5.68. The lowest BCUT2D eigenvalue weighted by Gasteiger charge is -2.25. The first kappa shape index (κ1) is 9.10. The van der Waals surface area contributed by atoms with E-state index >= 15 is 0 Å². The second kappa shape index (κ2) is 3.46. The van der Waals surface area contributed by atoms with E-state index in [9.17, 15) is 4.79 Å². The number of Topliss-reactive ketones (excluding diaryl/α,β-unsaturated/α-hetero) is 1. The molecule has 2 aliphatic rings. The van der Waals surface area contributed by atoms with Gasteiger partial charge in [-0.05, 0) is 30.4 Å². The van der Waals surface area contributed by atoms with E-state index in [1.165, 1.54) is 11.1 Å². The Kier molecular flexibility index (Phi) is 2.10. The molecule has 0 aromatic heterocycles. The zero-order valence-corrected chi connectivity index (χ0v) is 8.70. The van der Waals surface area contributed by atoms with Gasteiger partial charge in [-0.3, -0.25) is 4.79 Å². The van der Waals surface area contributed by atoms with E-state index in [2.05, 4.69) is 29.6 Å². The number of carbonyl (C=O) groups is 1. The van der Waals surface area contributed by atoms with Crippen LogP contribution in [-0.4, -0.2) is 11.8 Å². The Labute approximate surface area is 89.7 Å². The molecule has 1 aliphatic heterocycles. The zero-order valence-electron chi connectivity index (χ0n) is 8.70. The number of carbonyl (C=O) groups excluding carboxylic acids is 1. The minimum atomic E-state index is 0.0763. The minimum Gasteiger partial charge on any atom is -0.303 e. The van der Waals surface area contributed by atoms with E-state index in [4.69, 9.17) is 0 Å². The lowest BCUT2D eigenvalue weighted by atomic mass is 9.92. The predicted molar refractivity (Wildman–Crippen MR) is 58.5 cm³/mol. The van der Waals surface area contributed by atoms with Gasteiger partial charge < -0.3 is 5.32 Å². The summed E-state index contributed by atoms with van der Waals surface area (Å²) < 4.78 is 0. The average molecular weight is 201 g/mol. The molecule has 0 saturated heterocycles. The SMILES string of the molecule is O=C(C1CC1)C1Cc2ccccc2CN1. The van der Waals surface area contributed by atoms with Crippen molar-refractivity contribution in [1.82, 2.24) is 5.32 Å². The number of hydrogen-bond donors (Lipinski definition) is 1. The van der Waals surface area contributed by atoms with Crippen molar-refractivity contribution in [1.29, 1.82) is 0 Å². The molecule has 0 amide bonds. The quantitative estimate of drug-likeness (QED) is 0.788. The molecule has 0 spiro atoms. The van der Waals surface area contributed by atoms with Crippen LogP contribution in [0, 0.1) is 5.92 Å². The van der Waals surface area contributed by atoms with Gasteiger partial charge in [-0.2, -0.15) is 0 Å². The molecule has 1 aliphatic carbocycles. The zero-order chi connectivity index (χ0) is 10.3. The lowest BCUT2D eigenvalue weighted by Crippen LogP contribution is -2.42. The van der Waals surface area contributed by atoms with E-state index in [-0.39, 0.29) is 6.04 Å². The normalized spacial score (nSPS) is 24.7. The van der Waals surface area contributed by atoms with Crippen molar-refractivity contribution in [2.75, 3.05) is 0 Å². The summed E-state index contributed by atoms with van der Waals surface area (Å²) in [5.41, 5.74) is 2.69. The summed E-state index contributed by atoms with van der Waals surface area (Å²) >= 11 is 0. The summed E-state index contributed by atoms with van der Waals surface area (Å²) in [6.07, 6.45) is 3.10. The summed E-state index contributed by atoms with van der Waals surface area (Å²) in [6.45, 7) is 0.847. The number of hydrogen-bond acceptors (Lipinski definition) is 2. The van der Waals surface area contributed by atoms with Crippen molar-refractivity contribution in [3.8, 4) is 0 Å². The van der Waals surface area contributed by atoms with E-state index in [1.54, 1.807) is 0 Å². The van der Waals surface area contributed by atoms with Crippen molar-refractivity contribution in [3.05, 3.63) is 35.4 Å². The van der Waals surface area contributed by atoms with Crippen LogP contribution in [0.3, 0.4) is 0 Å². The van der Waals surface area contributed by atoms with Crippen LogP contribution in [0.5, 0.6) is 0 Å². The van der Waals surface area contributed by atoms with Crippen molar-refractivity contribution in [3.63, 3.8) is 0 Å². The summed E-state index contributed by atoms with van der Waals surface area (Å²) in [5.74, 6) is 0.803. The Bertz CT molecular complexity index is 395. The maximum Gasteiger partial charge on any atom is 0.153 e. The summed E-state index contributed by atoms with van der Waals surface area (Å²) in [5, 5.41) is 3.35. The van der Waals surface area contributed by atoms with E-state index in [0.29, 0.717) is 11.7 Å². The molecule has 1 atom stereocenters. The Morgan fingerprint density at radius 3 is 2.67 bits per heavy atom. The highest BCUT2D eigenvalue weighted by atomic mass is 16.1. The average Bonchev–Trinajstić information content (AvgIpc) is 3.11. The van der Waals surface area contributed by atoms with Gasteiger partial charge in [0.25, 0.3) is 0 Å². The van der Waals surface area contributed by atoms with Crippen molar-refractivity contribution >= 4 is 5.78 Å². The van der Waals surface area contributed by atoms with Crippen molar-refractivity contribution < 1.29 is 4.79 Å². The van der Waals surface area contributed by atoms with Crippen LogP contribution >= 0.6 is 0 Å². The van der Waals surface area contributed by atoms with Gasteiger partial charge in [-0.1, -0.05) is 24.3 Å². The van der Waals surface area contributed by atoms with Gasteiger partial charge in [0, 0.05) is 12.5 Å². The molecular weight excluding hydrogens is 186 g/mol. The van der Waals surface area contributed by atoms with Crippen molar-refractivity contribution in [2.45, 2.75) is 31.8 Å². The molecule has 2 heteroatoms. The van der Waals surface area contributed by atoms with Crippen LogP contribution < -0.4 is 5.32 Å². The molecule has 1 heterocycles. The smallest absolute Gasteiger partial charge is 0.153 e. The number of ketones is 1. The van der Waals surface area contributed by atoms with E-state index in [0.717, 1.165) is 25.8 Å². The van der Waals surface area contributed by atoms with Gasteiger partial charge in [0.15, 0.2) is 5.78 Å². The Balaban J connectivity index is 1.79. The highest BCUT2D eigenvalue weighted by molar-refractivity contribution is 5.88. The van der Waals surface area contributed by atoms with E-state index < -0.39 is 0 Å². The molecular formula is C13H15NO. The predicted octanol–water partition coefficient (Wildman–Crippen LogP) is 1.68. The monoisotopic (exact) mass is 201 g/mol. The molecule has 3 rings (SSSR count). The molecule has 0 bridgehead atoms. The van der Waals surface area contributed by atoms with Gasteiger partial charge in [-0.25, -0.2) is 0 Å². The molecule has 1 aromatic carbocycles. The molecule has 1 fully saturated rings. The molecule has 1 unspecified atom stereocenters. The fourth-order valence-electron chi connectivity index (χ4n) is 2.31. The van der Waals surface area contributed by atoms with Crippen LogP contribution in [0.25, 0.3) is 0 Å². The highest BCUT2D eigenvalue weighted by Gasteiger charge is 2.35. The molecule has 78 valence electrons. The summed E-state index contributed by atoms with van der Waals surface area (Å²) in [6, 6.07) is 8.47. The van der Waals surface area contributed by atoms with Crippen LogP contribution in [0.1, 0.15) is 24.0 Å². The number of fused-ring (bicyclic) bond motifs is 1. The molecule has 0 radical (unpaired) electrons. The standard InChI is InChI=1S/C13H15NO/c15-13(9-5-6-9)12-7-10-3-1-2-4-11(10)8-14-12/h1-4,9,12,14H,5-8H2. The van der Waals surface area contributed by atoms with Gasteiger partial charge >= 0.3 is 0 Å². The highest BCUT2D eigenvalue weighted by Crippen LogP contribution is 2.32. The second-order valence-corrected chi connectivity index (χ2v) is 4.58. The topological polar surface area (TPSA) is 29.1 Å². The van der Waals surface area contributed by atoms with E-state index in [1.807, 2.05) is 0 Å². The van der Waals surface area contributed by atoms with Crippen LogP contribution in [-0.2, 0) is 17.8 Å². The third kappa shape index (κ3) is 1.70. The molecule has 15 heavy (non-hydrogen) atoms. The van der Waals surface area contributed by atoms with Gasteiger partial charge in [0.05, 0.1) is 6.04 Å². The molecule has 1 saturated carbocycles. The maximum absolute atomic E-state index is 11.9. The first-order chi connectivity index (χ1) is 7.34. The Hall–Kier alpha value is -1.15. The van der Waals surface area contributed by atoms with Crippen LogP contribution in [0.4, 0.5) is 0 Å². The summed E-state index contributed by atoms with van der Waals surface area (Å²) in [7, 11) is 0. The lowest BCUT2D eigenvalue weighted by molar-refractivity contribution is -0.122. The number of nitrogens with one attached hydrogen (secondary N) is 1. The number of rotatable bonds is 2. The van der Waals surface area contributed by atoms with Crippen LogP contribution in [0.2, 0.25) is 0 Å². The van der Waals surface area contributed by atoms with Gasteiger partial charge in [0.2, 0.25) is 0 Å². The largest absolute Gasteiger partial charge is 0.303 e. The first-order valence-electron chi connectivity index (χ1n) is 5.68. The Morgan fingerprint density at radius 2 is 1.93 bits per heavy atom. The molecule has 2 nitrogen and oxygen atoms in total.